The first kappa shape index (κ1) is 17.8. The van der Waals surface area contributed by atoms with Gasteiger partial charge in [0.1, 0.15) is 5.82 Å². The van der Waals surface area contributed by atoms with Gasteiger partial charge in [-0.15, -0.1) is 11.3 Å². The topological polar surface area (TPSA) is 42.5 Å². The van der Waals surface area contributed by atoms with Crippen LogP contribution in [0.2, 0.25) is 0 Å². The van der Waals surface area contributed by atoms with Gasteiger partial charge in [0, 0.05) is 17.1 Å². The second kappa shape index (κ2) is 8.39. The van der Waals surface area contributed by atoms with E-state index in [2.05, 4.69) is 10.1 Å². The number of hydrogen-bond acceptors (Lipinski definition) is 4. The van der Waals surface area contributed by atoms with E-state index in [4.69, 9.17) is 4.99 Å². The summed E-state index contributed by atoms with van der Waals surface area (Å²) >= 11 is 1.50. The lowest BCUT2D eigenvalue weighted by molar-refractivity contribution is 0.435. The molecule has 1 saturated carbocycles. The zero-order chi connectivity index (χ0) is 18.5. The molecule has 138 valence electrons. The van der Waals surface area contributed by atoms with E-state index >= 15 is 0 Å². The first-order valence-corrected chi connectivity index (χ1v) is 10.1. The predicted octanol–water partition coefficient (Wildman–Crippen LogP) is 4.87. The van der Waals surface area contributed by atoms with Crippen molar-refractivity contribution in [2.24, 2.45) is 10.1 Å². The van der Waals surface area contributed by atoms with E-state index in [9.17, 15) is 4.39 Å². The van der Waals surface area contributed by atoms with Crippen LogP contribution in [0.5, 0.6) is 0 Å². The van der Waals surface area contributed by atoms with Gasteiger partial charge >= 0.3 is 0 Å². The normalized spacial score (nSPS) is 16.3. The quantitative estimate of drug-likeness (QED) is 0.596. The lowest BCUT2D eigenvalue weighted by Crippen LogP contribution is -2.19. The average Bonchev–Trinajstić information content (AvgIpc) is 3.10. The SMILES string of the molecule is Fc1ccccc1-c1csc(=NC2CCCCC2)n1N=Cc1ccccn1. The molecule has 0 saturated heterocycles. The Balaban J connectivity index is 1.79. The van der Waals surface area contributed by atoms with E-state index in [-0.39, 0.29) is 5.82 Å². The van der Waals surface area contributed by atoms with E-state index in [1.165, 1.54) is 36.7 Å². The van der Waals surface area contributed by atoms with Gasteiger partial charge < -0.3 is 0 Å². The Hall–Kier alpha value is -2.60. The summed E-state index contributed by atoms with van der Waals surface area (Å²) in [7, 11) is 0. The monoisotopic (exact) mass is 380 g/mol. The highest BCUT2D eigenvalue weighted by atomic mass is 32.1. The molecule has 0 aliphatic heterocycles. The first-order chi connectivity index (χ1) is 13.3. The fourth-order valence-corrected chi connectivity index (χ4v) is 4.19. The molecule has 2 heterocycles. The van der Waals surface area contributed by atoms with E-state index in [0.717, 1.165) is 23.3 Å². The number of nitrogens with zero attached hydrogens (tertiary/aromatic N) is 4. The molecule has 27 heavy (non-hydrogen) atoms. The third-order valence-corrected chi connectivity index (χ3v) is 5.53. The van der Waals surface area contributed by atoms with E-state index < -0.39 is 0 Å². The molecule has 4 nitrogen and oxygen atoms in total. The fraction of sp³-hybridized carbons (Fsp3) is 0.286. The van der Waals surface area contributed by atoms with Crippen molar-refractivity contribution in [3.63, 3.8) is 0 Å². The Morgan fingerprint density at radius 3 is 2.67 bits per heavy atom. The summed E-state index contributed by atoms with van der Waals surface area (Å²) in [5, 5.41) is 6.52. The summed E-state index contributed by atoms with van der Waals surface area (Å²) in [6.45, 7) is 0. The number of rotatable bonds is 4. The standard InChI is InChI=1S/C21H21FN4S/c22-19-12-5-4-11-18(19)20-15-27-21(25-16-8-2-1-3-9-16)26(20)24-14-17-10-6-7-13-23-17/h4-7,10-16H,1-3,8-9H2. The van der Waals surface area contributed by atoms with Crippen LogP contribution in [0.25, 0.3) is 11.3 Å². The maximum atomic E-state index is 14.4. The van der Waals surface area contributed by atoms with Crippen molar-refractivity contribution in [2.75, 3.05) is 0 Å². The van der Waals surface area contributed by atoms with Crippen molar-refractivity contribution in [1.29, 1.82) is 0 Å². The minimum atomic E-state index is -0.263. The van der Waals surface area contributed by atoms with Gasteiger partial charge in [0.15, 0.2) is 0 Å². The molecule has 0 bridgehead atoms. The summed E-state index contributed by atoms with van der Waals surface area (Å²) < 4.78 is 16.1. The van der Waals surface area contributed by atoms with E-state index in [0.29, 0.717) is 17.3 Å². The van der Waals surface area contributed by atoms with Gasteiger partial charge in [0.05, 0.1) is 23.6 Å². The van der Waals surface area contributed by atoms with Crippen LogP contribution in [-0.4, -0.2) is 21.9 Å². The number of benzene rings is 1. The lowest BCUT2D eigenvalue weighted by atomic mass is 9.96. The Bertz CT molecular complexity index is 985. The van der Waals surface area contributed by atoms with Crippen molar-refractivity contribution >= 4 is 17.6 Å². The van der Waals surface area contributed by atoms with Gasteiger partial charge in [-0.05, 0) is 37.1 Å². The molecule has 1 fully saturated rings. The highest BCUT2D eigenvalue weighted by molar-refractivity contribution is 7.07. The number of pyridine rings is 1. The molecule has 1 aliphatic carbocycles. The van der Waals surface area contributed by atoms with Crippen molar-refractivity contribution in [1.82, 2.24) is 9.66 Å². The van der Waals surface area contributed by atoms with Gasteiger partial charge in [0.2, 0.25) is 4.80 Å². The number of halogens is 1. The van der Waals surface area contributed by atoms with Crippen LogP contribution < -0.4 is 4.80 Å². The molecule has 0 N–H and O–H groups in total. The molecular formula is C21H21FN4S. The van der Waals surface area contributed by atoms with Crippen LogP contribution in [0, 0.1) is 5.82 Å². The van der Waals surface area contributed by atoms with Crippen molar-refractivity contribution in [3.8, 4) is 11.3 Å². The molecule has 0 unspecified atom stereocenters. The van der Waals surface area contributed by atoms with Crippen molar-refractivity contribution in [2.45, 2.75) is 38.1 Å². The molecule has 1 aliphatic rings. The average molecular weight is 380 g/mol. The van der Waals surface area contributed by atoms with E-state index in [1.807, 2.05) is 29.6 Å². The summed E-state index contributed by atoms with van der Waals surface area (Å²) in [4.78, 5) is 10.0. The van der Waals surface area contributed by atoms with Crippen molar-refractivity contribution in [3.05, 3.63) is 70.4 Å². The zero-order valence-electron chi connectivity index (χ0n) is 15.0. The number of hydrogen-bond donors (Lipinski definition) is 0. The molecule has 0 atom stereocenters. The third kappa shape index (κ3) is 4.22. The zero-order valence-corrected chi connectivity index (χ0v) is 15.8. The number of aromatic nitrogens is 2. The number of thiazole rings is 1. The van der Waals surface area contributed by atoms with Crippen LogP contribution in [0.3, 0.4) is 0 Å². The maximum absolute atomic E-state index is 14.4. The van der Waals surface area contributed by atoms with Crippen LogP contribution in [0.1, 0.15) is 37.8 Å². The summed E-state index contributed by atoms with van der Waals surface area (Å²) in [5.74, 6) is -0.263. The Morgan fingerprint density at radius 2 is 1.89 bits per heavy atom. The largest absolute Gasteiger partial charge is 0.255 e. The highest BCUT2D eigenvalue weighted by Gasteiger charge is 2.15. The maximum Gasteiger partial charge on any atom is 0.206 e. The fourth-order valence-electron chi connectivity index (χ4n) is 3.29. The molecule has 2 aromatic heterocycles. The Morgan fingerprint density at radius 1 is 1.07 bits per heavy atom. The van der Waals surface area contributed by atoms with Gasteiger partial charge in [-0.2, -0.15) is 5.10 Å². The Labute approximate surface area is 161 Å². The predicted molar refractivity (Wildman–Crippen MR) is 107 cm³/mol. The van der Waals surface area contributed by atoms with Crippen molar-refractivity contribution < 1.29 is 4.39 Å². The summed E-state index contributed by atoms with van der Waals surface area (Å²) in [6, 6.07) is 12.8. The molecule has 0 radical (unpaired) electrons. The van der Waals surface area contributed by atoms with Crippen LogP contribution in [0.15, 0.2) is 64.1 Å². The summed E-state index contributed by atoms with van der Waals surface area (Å²) in [5.41, 5.74) is 1.98. The highest BCUT2D eigenvalue weighted by Crippen LogP contribution is 2.24. The van der Waals surface area contributed by atoms with Gasteiger partial charge in [-0.25, -0.2) is 9.07 Å². The van der Waals surface area contributed by atoms with Crippen LogP contribution in [0.4, 0.5) is 4.39 Å². The van der Waals surface area contributed by atoms with Crippen LogP contribution >= 0.6 is 11.3 Å². The smallest absolute Gasteiger partial charge is 0.206 e. The molecule has 0 amide bonds. The minimum absolute atomic E-state index is 0.263. The lowest BCUT2D eigenvalue weighted by Gasteiger charge is -2.16. The van der Waals surface area contributed by atoms with E-state index in [1.54, 1.807) is 29.2 Å². The first-order valence-electron chi connectivity index (χ1n) is 9.26. The third-order valence-electron chi connectivity index (χ3n) is 4.70. The second-order valence-corrected chi connectivity index (χ2v) is 7.45. The molecule has 1 aromatic carbocycles. The summed E-state index contributed by atoms with van der Waals surface area (Å²) in [6.07, 6.45) is 9.36. The molecule has 0 spiro atoms. The molecular weight excluding hydrogens is 359 g/mol. The molecule has 4 rings (SSSR count). The minimum Gasteiger partial charge on any atom is -0.255 e. The molecule has 6 heteroatoms. The van der Waals surface area contributed by atoms with Gasteiger partial charge in [-0.1, -0.05) is 37.5 Å². The van der Waals surface area contributed by atoms with Gasteiger partial charge in [-0.3, -0.25) is 9.98 Å². The second-order valence-electron chi connectivity index (χ2n) is 6.62. The Kier molecular flexibility index (Phi) is 5.53. The van der Waals surface area contributed by atoms with Crippen LogP contribution in [-0.2, 0) is 0 Å². The van der Waals surface area contributed by atoms with Gasteiger partial charge in [0.25, 0.3) is 0 Å². The molecule has 3 aromatic rings.